The SMILES string of the molecule is COc1cccc2c1C(=O)c1c(O)c3c(c(O)c1C2=O)C[C@@](O)(C(C)=O)CC3OC1C[C@@H](C)C(C)[C@@H](C)C1. The van der Waals surface area contributed by atoms with E-state index in [1.165, 1.54) is 20.1 Å². The molecule has 0 spiro atoms. The number of hydrogen-bond donors (Lipinski definition) is 3. The highest BCUT2D eigenvalue weighted by Crippen LogP contribution is 2.53. The lowest BCUT2D eigenvalue weighted by atomic mass is 9.71. The number of benzene rings is 2. The van der Waals surface area contributed by atoms with Crippen molar-refractivity contribution in [1.29, 1.82) is 0 Å². The third-order valence-electron chi connectivity index (χ3n) is 9.15. The molecule has 0 bridgehead atoms. The van der Waals surface area contributed by atoms with Gasteiger partial charge in [-0.2, -0.15) is 0 Å². The highest BCUT2D eigenvalue weighted by atomic mass is 16.5. The Morgan fingerprint density at radius 2 is 1.61 bits per heavy atom. The Labute approximate surface area is 221 Å². The summed E-state index contributed by atoms with van der Waals surface area (Å²) in [6.07, 6.45) is -0.114. The molecule has 0 radical (unpaired) electrons. The van der Waals surface area contributed by atoms with Gasteiger partial charge in [0.1, 0.15) is 22.8 Å². The number of methoxy groups -OCH3 is 1. The number of carbonyl (C=O) groups is 3. The summed E-state index contributed by atoms with van der Waals surface area (Å²) in [5, 5.41) is 34.3. The van der Waals surface area contributed by atoms with E-state index >= 15 is 0 Å². The first-order valence-corrected chi connectivity index (χ1v) is 13.2. The molecule has 6 atom stereocenters. The molecule has 3 unspecified atom stereocenters. The van der Waals surface area contributed by atoms with Crippen LogP contribution in [-0.2, 0) is 16.0 Å². The van der Waals surface area contributed by atoms with E-state index in [9.17, 15) is 29.7 Å². The van der Waals surface area contributed by atoms with Gasteiger partial charge in [0.15, 0.2) is 11.6 Å². The molecule has 0 amide bonds. The quantitative estimate of drug-likeness (QED) is 0.433. The van der Waals surface area contributed by atoms with Crippen molar-refractivity contribution in [3.8, 4) is 17.2 Å². The van der Waals surface area contributed by atoms with E-state index in [4.69, 9.17) is 9.47 Å². The van der Waals surface area contributed by atoms with Crippen LogP contribution in [0.2, 0.25) is 0 Å². The molecule has 0 heterocycles. The Balaban J connectivity index is 1.68. The second-order valence-electron chi connectivity index (χ2n) is 11.4. The Morgan fingerprint density at radius 3 is 2.21 bits per heavy atom. The lowest BCUT2D eigenvalue weighted by molar-refractivity contribution is -0.146. The van der Waals surface area contributed by atoms with Crippen molar-refractivity contribution in [1.82, 2.24) is 0 Å². The zero-order valence-corrected chi connectivity index (χ0v) is 22.3. The van der Waals surface area contributed by atoms with E-state index < -0.39 is 40.6 Å². The zero-order chi connectivity index (χ0) is 27.7. The predicted octanol–water partition coefficient (Wildman–Crippen LogP) is 4.28. The summed E-state index contributed by atoms with van der Waals surface area (Å²) in [5.41, 5.74) is -2.27. The maximum absolute atomic E-state index is 13.7. The van der Waals surface area contributed by atoms with Gasteiger partial charge < -0.3 is 24.8 Å². The van der Waals surface area contributed by atoms with Gasteiger partial charge in [0, 0.05) is 29.5 Å². The molecule has 5 rings (SSSR count). The van der Waals surface area contributed by atoms with Crippen LogP contribution in [0.1, 0.15) is 96.0 Å². The van der Waals surface area contributed by atoms with Crippen molar-refractivity contribution < 1.29 is 39.2 Å². The molecule has 8 heteroatoms. The van der Waals surface area contributed by atoms with Crippen LogP contribution in [0, 0.1) is 17.8 Å². The third-order valence-corrected chi connectivity index (χ3v) is 9.15. The highest BCUT2D eigenvalue weighted by Gasteiger charge is 2.49. The predicted molar refractivity (Wildman–Crippen MR) is 138 cm³/mol. The highest BCUT2D eigenvalue weighted by molar-refractivity contribution is 6.31. The first kappa shape index (κ1) is 26.4. The average Bonchev–Trinajstić information content (AvgIpc) is 2.87. The van der Waals surface area contributed by atoms with Crippen molar-refractivity contribution in [3.05, 3.63) is 51.6 Å². The Hall–Kier alpha value is -3.23. The van der Waals surface area contributed by atoms with Crippen LogP contribution >= 0.6 is 0 Å². The fourth-order valence-electron chi connectivity index (χ4n) is 6.56. The standard InChI is InChI=1S/C30H34O8/c1-13-9-17(10-14(2)15(13)3)38-21-12-30(36,16(4)31)11-19-23(21)29(35)25-24(27(19)33)26(32)18-7-6-8-20(37-5)22(18)28(25)34/h6-8,13-15,17,21,33,35-36H,9-12H2,1-5H3/t13-,14+,15?,17?,21?,30-/m0/s1. The molecule has 3 aliphatic rings. The van der Waals surface area contributed by atoms with E-state index in [1.807, 2.05) is 0 Å². The van der Waals surface area contributed by atoms with Gasteiger partial charge in [-0.3, -0.25) is 14.4 Å². The van der Waals surface area contributed by atoms with E-state index in [1.54, 1.807) is 12.1 Å². The molecule has 38 heavy (non-hydrogen) atoms. The average molecular weight is 523 g/mol. The summed E-state index contributed by atoms with van der Waals surface area (Å²) in [6.45, 7) is 7.79. The molecule has 2 aromatic rings. The van der Waals surface area contributed by atoms with Crippen molar-refractivity contribution >= 4 is 17.3 Å². The molecule has 1 fully saturated rings. The normalized spacial score (nSPS) is 30.3. The molecular formula is C30H34O8. The van der Waals surface area contributed by atoms with Crippen molar-refractivity contribution in [2.24, 2.45) is 17.8 Å². The molecule has 8 nitrogen and oxygen atoms in total. The summed E-state index contributed by atoms with van der Waals surface area (Å²) in [7, 11) is 1.38. The minimum absolute atomic E-state index is 0.0135. The molecule has 2 aromatic carbocycles. The van der Waals surface area contributed by atoms with E-state index in [2.05, 4.69) is 20.8 Å². The monoisotopic (exact) mass is 522 g/mol. The second-order valence-corrected chi connectivity index (χ2v) is 11.4. The first-order chi connectivity index (χ1) is 17.9. The van der Waals surface area contributed by atoms with Gasteiger partial charge in [-0.05, 0) is 43.6 Å². The van der Waals surface area contributed by atoms with Crippen molar-refractivity contribution in [3.63, 3.8) is 0 Å². The molecule has 0 saturated heterocycles. The number of fused-ring (bicyclic) bond motifs is 3. The van der Waals surface area contributed by atoms with Gasteiger partial charge in [-0.15, -0.1) is 0 Å². The molecule has 0 aromatic heterocycles. The number of phenols is 2. The first-order valence-electron chi connectivity index (χ1n) is 13.2. The maximum Gasteiger partial charge on any atom is 0.202 e. The number of ether oxygens (including phenoxy) is 2. The van der Waals surface area contributed by atoms with Crippen LogP contribution in [0.5, 0.6) is 17.2 Å². The maximum atomic E-state index is 13.7. The number of aliphatic hydroxyl groups is 1. The van der Waals surface area contributed by atoms with Gasteiger partial charge in [0.2, 0.25) is 5.78 Å². The number of rotatable bonds is 4. The van der Waals surface area contributed by atoms with Crippen LogP contribution in [0.15, 0.2) is 18.2 Å². The van der Waals surface area contributed by atoms with Gasteiger partial charge in [0.05, 0.1) is 36.0 Å². The third kappa shape index (κ3) is 3.84. The van der Waals surface area contributed by atoms with E-state index in [0.717, 1.165) is 12.8 Å². The Bertz CT molecular complexity index is 1350. The number of aromatic hydroxyl groups is 2. The number of hydrogen-bond acceptors (Lipinski definition) is 8. The minimum atomic E-state index is -1.86. The fourth-order valence-corrected chi connectivity index (χ4v) is 6.56. The smallest absolute Gasteiger partial charge is 0.202 e. The van der Waals surface area contributed by atoms with Gasteiger partial charge in [-0.1, -0.05) is 32.9 Å². The van der Waals surface area contributed by atoms with Crippen LogP contribution in [0.25, 0.3) is 0 Å². The van der Waals surface area contributed by atoms with Gasteiger partial charge >= 0.3 is 0 Å². The van der Waals surface area contributed by atoms with Crippen LogP contribution in [0.4, 0.5) is 0 Å². The molecule has 1 saturated carbocycles. The summed E-state index contributed by atoms with van der Waals surface area (Å²) in [6, 6.07) is 4.57. The molecule has 3 aliphatic carbocycles. The Morgan fingerprint density at radius 1 is 0.974 bits per heavy atom. The summed E-state index contributed by atoms with van der Waals surface area (Å²) < 4.78 is 11.8. The number of ketones is 3. The van der Waals surface area contributed by atoms with E-state index in [-0.39, 0.29) is 58.1 Å². The summed E-state index contributed by atoms with van der Waals surface area (Å²) in [4.78, 5) is 39.8. The van der Waals surface area contributed by atoms with Crippen LogP contribution < -0.4 is 4.74 Å². The van der Waals surface area contributed by atoms with Gasteiger partial charge in [0.25, 0.3) is 0 Å². The number of phenolic OH excluding ortho intramolecular Hbond substituents is 2. The summed E-state index contributed by atoms with van der Waals surface area (Å²) >= 11 is 0. The minimum Gasteiger partial charge on any atom is -0.507 e. The largest absolute Gasteiger partial charge is 0.507 e. The lowest BCUT2D eigenvalue weighted by Gasteiger charge is -2.42. The molecule has 202 valence electrons. The van der Waals surface area contributed by atoms with E-state index in [0.29, 0.717) is 17.8 Å². The fraction of sp³-hybridized carbons (Fsp3) is 0.500. The van der Waals surface area contributed by atoms with Crippen LogP contribution in [0.3, 0.4) is 0 Å². The molecule has 3 N–H and O–H groups in total. The summed E-state index contributed by atoms with van der Waals surface area (Å²) in [5.74, 6) is -1.35. The van der Waals surface area contributed by atoms with Gasteiger partial charge in [-0.25, -0.2) is 0 Å². The molecular weight excluding hydrogens is 488 g/mol. The van der Waals surface area contributed by atoms with Crippen LogP contribution in [-0.4, -0.2) is 51.5 Å². The molecule has 0 aliphatic heterocycles. The lowest BCUT2D eigenvalue weighted by Crippen LogP contribution is -2.45. The topological polar surface area (TPSA) is 130 Å². The number of carbonyl (C=O) groups excluding carboxylic acids is 3. The number of Topliss-reactive ketones (excluding diaryl/α,β-unsaturated/α-hetero) is 1. The van der Waals surface area contributed by atoms with Crippen molar-refractivity contribution in [2.45, 2.75) is 71.2 Å². The Kier molecular flexibility index (Phi) is 6.39. The second kappa shape index (κ2) is 9.20. The van der Waals surface area contributed by atoms with Crippen molar-refractivity contribution in [2.75, 3.05) is 7.11 Å². The zero-order valence-electron chi connectivity index (χ0n) is 22.3.